The van der Waals surface area contributed by atoms with E-state index < -0.39 is 11.7 Å². The number of rotatable bonds is 5. The number of likely N-dealkylation sites (tertiary alicyclic amines) is 1. The zero-order chi connectivity index (χ0) is 24.1. The Morgan fingerprint density at radius 2 is 1.56 bits per heavy atom. The van der Waals surface area contributed by atoms with Crippen molar-refractivity contribution >= 4 is 28.5 Å². The first-order valence-electron chi connectivity index (χ1n) is 11.8. The Morgan fingerprint density at radius 1 is 0.941 bits per heavy atom. The van der Waals surface area contributed by atoms with E-state index in [-0.39, 0.29) is 12.0 Å². The van der Waals surface area contributed by atoms with Crippen molar-refractivity contribution in [1.29, 1.82) is 0 Å². The molecule has 6 heteroatoms. The van der Waals surface area contributed by atoms with Crippen molar-refractivity contribution in [2.24, 2.45) is 0 Å². The molecule has 1 saturated heterocycles. The fourth-order valence-electron chi connectivity index (χ4n) is 4.12. The molecule has 1 fully saturated rings. The van der Waals surface area contributed by atoms with Crippen molar-refractivity contribution in [1.82, 2.24) is 4.90 Å². The van der Waals surface area contributed by atoms with Crippen molar-refractivity contribution in [2.45, 2.75) is 51.9 Å². The van der Waals surface area contributed by atoms with Gasteiger partial charge in [-0.3, -0.25) is 10.1 Å². The van der Waals surface area contributed by atoms with Gasteiger partial charge in [0.2, 0.25) is 0 Å². The second kappa shape index (κ2) is 10.3. The Bertz CT molecular complexity index is 1150. The number of benzene rings is 3. The summed E-state index contributed by atoms with van der Waals surface area (Å²) in [4.78, 5) is 27.8. The Kier molecular flexibility index (Phi) is 7.17. The van der Waals surface area contributed by atoms with E-state index in [0.717, 1.165) is 29.2 Å². The van der Waals surface area contributed by atoms with Crippen LogP contribution in [0.2, 0.25) is 0 Å². The van der Waals surface area contributed by atoms with Crippen LogP contribution in [0.4, 0.5) is 10.5 Å². The quantitative estimate of drug-likeness (QED) is 0.506. The summed E-state index contributed by atoms with van der Waals surface area (Å²) >= 11 is 0. The van der Waals surface area contributed by atoms with Crippen LogP contribution in [0.25, 0.3) is 10.8 Å². The van der Waals surface area contributed by atoms with Gasteiger partial charge in [0.15, 0.2) is 0 Å². The van der Waals surface area contributed by atoms with Crippen LogP contribution in [0.15, 0.2) is 66.7 Å². The molecule has 0 saturated carbocycles. The maximum absolute atomic E-state index is 13.5. The summed E-state index contributed by atoms with van der Waals surface area (Å²) in [5.74, 6) is -0.0988. The summed E-state index contributed by atoms with van der Waals surface area (Å²) in [6.07, 6.45) is 1.10. The molecular weight excluding hydrogens is 428 g/mol. The van der Waals surface area contributed by atoms with Crippen LogP contribution >= 0.6 is 0 Å². The number of ether oxygens (including phenoxy) is 2. The van der Waals surface area contributed by atoms with E-state index in [4.69, 9.17) is 9.47 Å². The monoisotopic (exact) mass is 460 g/mol. The van der Waals surface area contributed by atoms with Gasteiger partial charge in [0.25, 0.3) is 5.91 Å². The average molecular weight is 461 g/mol. The van der Waals surface area contributed by atoms with Gasteiger partial charge >= 0.3 is 6.09 Å². The highest BCUT2D eigenvalue weighted by Gasteiger charge is 2.27. The van der Waals surface area contributed by atoms with E-state index >= 15 is 0 Å². The molecule has 3 aromatic rings. The largest absolute Gasteiger partial charge is 0.444 e. The molecule has 2 amide bonds. The Morgan fingerprint density at radius 3 is 2.21 bits per heavy atom. The molecule has 1 aliphatic rings. The smallest absolute Gasteiger partial charge is 0.412 e. The number of hydrogen-bond acceptors (Lipinski definition) is 4. The van der Waals surface area contributed by atoms with Gasteiger partial charge in [-0.25, -0.2) is 4.79 Å². The molecule has 6 nitrogen and oxygen atoms in total. The number of nitrogens with zero attached hydrogens (tertiary/aromatic N) is 1. The molecule has 0 spiro atoms. The molecule has 178 valence electrons. The lowest BCUT2D eigenvalue weighted by molar-refractivity contribution is -0.000352. The van der Waals surface area contributed by atoms with Gasteiger partial charge in [-0.2, -0.15) is 0 Å². The summed E-state index contributed by atoms with van der Waals surface area (Å²) in [6, 6.07) is 21.6. The molecule has 1 N–H and O–H groups in total. The van der Waals surface area contributed by atoms with Gasteiger partial charge in [0, 0.05) is 13.1 Å². The second-order valence-electron chi connectivity index (χ2n) is 9.66. The van der Waals surface area contributed by atoms with Gasteiger partial charge < -0.3 is 14.4 Å². The van der Waals surface area contributed by atoms with E-state index in [2.05, 4.69) is 17.4 Å². The maximum Gasteiger partial charge on any atom is 0.412 e. The SMILES string of the molecule is CC(C)(C)OC(=O)Nc1cc2ccccc2cc1C(=O)N1CCC(OCc2ccccc2)CC1. The Hall–Kier alpha value is -3.38. The highest BCUT2D eigenvalue weighted by atomic mass is 16.6. The molecule has 1 aliphatic heterocycles. The summed E-state index contributed by atoms with van der Waals surface area (Å²) in [5, 5.41) is 4.68. The van der Waals surface area contributed by atoms with E-state index in [1.165, 1.54) is 0 Å². The van der Waals surface area contributed by atoms with Gasteiger partial charge in [0.05, 0.1) is 24.0 Å². The van der Waals surface area contributed by atoms with E-state index in [0.29, 0.717) is 30.9 Å². The van der Waals surface area contributed by atoms with Crippen molar-refractivity contribution < 1.29 is 19.1 Å². The number of carbonyl (C=O) groups excluding carboxylic acids is 2. The lowest BCUT2D eigenvalue weighted by Gasteiger charge is -2.32. The number of nitrogens with one attached hydrogen (secondary N) is 1. The first kappa shape index (κ1) is 23.8. The highest BCUT2D eigenvalue weighted by molar-refractivity contribution is 6.07. The van der Waals surface area contributed by atoms with E-state index in [9.17, 15) is 9.59 Å². The fraction of sp³-hybridized carbons (Fsp3) is 0.357. The maximum atomic E-state index is 13.5. The third kappa shape index (κ3) is 6.14. The van der Waals surface area contributed by atoms with E-state index in [1.807, 2.05) is 80.3 Å². The first-order chi connectivity index (χ1) is 16.3. The summed E-state index contributed by atoms with van der Waals surface area (Å²) in [7, 11) is 0. The third-order valence-corrected chi connectivity index (χ3v) is 5.81. The van der Waals surface area contributed by atoms with Gasteiger partial charge in [-0.1, -0.05) is 54.6 Å². The van der Waals surface area contributed by atoms with Crippen molar-refractivity contribution in [3.63, 3.8) is 0 Å². The van der Waals surface area contributed by atoms with Crippen molar-refractivity contribution in [3.8, 4) is 0 Å². The Labute approximate surface area is 200 Å². The zero-order valence-corrected chi connectivity index (χ0v) is 20.0. The summed E-state index contributed by atoms with van der Waals surface area (Å²) in [6.45, 7) is 7.22. The van der Waals surface area contributed by atoms with Gasteiger partial charge in [0.1, 0.15) is 5.60 Å². The summed E-state index contributed by atoms with van der Waals surface area (Å²) < 4.78 is 11.5. The number of fused-ring (bicyclic) bond motifs is 1. The molecule has 34 heavy (non-hydrogen) atoms. The molecular formula is C28H32N2O4. The second-order valence-corrected chi connectivity index (χ2v) is 9.66. The minimum atomic E-state index is -0.632. The first-order valence-corrected chi connectivity index (χ1v) is 11.8. The van der Waals surface area contributed by atoms with Crippen LogP contribution in [-0.4, -0.2) is 41.7 Å². The lowest BCUT2D eigenvalue weighted by Crippen LogP contribution is -2.41. The van der Waals surface area contributed by atoms with Crippen LogP contribution < -0.4 is 5.32 Å². The molecule has 3 aromatic carbocycles. The number of amides is 2. The molecule has 1 heterocycles. The highest BCUT2D eigenvalue weighted by Crippen LogP contribution is 2.27. The molecule has 0 aliphatic carbocycles. The van der Waals surface area contributed by atoms with Gasteiger partial charge in [-0.05, 0) is 62.1 Å². The summed E-state index contributed by atoms with van der Waals surface area (Å²) in [5.41, 5.74) is 1.44. The normalized spacial score (nSPS) is 14.7. The number of hydrogen-bond donors (Lipinski definition) is 1. The Balaban J connectivity index is 1.46. The minimum Gasteiger partial charge on any atom is -0.444 e. The van der Waals surface area contributed by atoms with Crippen LogP contribution in [0.3, 0.4) is 0 Å². The van der Waals surface area contributed by atoms with E-state index in [1.54, 1.807) is 0 Å². The number of piperidine rings is 1. The standard InChI is InChI=1S/C28H32N2O4/c1-28(2,3)34-27(32)29-25-18-22-12-8-7-11-21(22)17-24(25)26(31)30-15-13-23(14-16-30)33-19-20-9-5-4-6-10-20/h4-12,17-18,23H,13-16,19H2,1-3H3,(H,29,32). The predicted octanol–water partition coefficient (Wildman–Crippen LogP) is 6.01. The molecule has 4 rings (SSSR count). The number of carbonyl (C=O) groups is 2. The van der Waals surface area contributed by atoms with Gasteiger partial charge in [-0.15, -0.1) is 0 Å². The van der Waals surface area contributed by atoms with Crippen LogP contribution in [0.5, 0.6) is 0 Å². The van der Waals surface area contributed by atoms with Crippen molar-refractivity contribution in [2.75, 3.05) is 18.4 Å². The average Bonchev–Trinajstić information content (AvgIpc) is 2.81. The zero-order valence-electron chi connectivity index (χ0n) is 20.0. The van der Waals surface area contributed by atoms with Crippen LogP contribution in [0.1, 0.15) is 49.5 Å². The van der Waals surface area contributed by atoms with Crippen molar-refractivity contribution in [3.05, 3.63) is 77.9 Å². The molecule has 0 radical (unpaired) electrons. The lowest BCUT2D eigenvalue weighted by atomic mass is 10.0. The topological polar surface area (TPSA) is 67.9 Å². The minimum absolute atomic E-state index is 0.0988. The predicted molar refractivity (Wildman–Crippen MR) is 134 cm³/mol. The molecule has 0 unspecified atom stereocenters. The van der Waals surface area contributed by atoms with Crippen LogP contribution in [-0.2, 0) is 16.1 Å². The molecule has 0 aromatic heterocycles. The number of anilines is 1. The van der Waals surface area contributed by atoms with Crippen LogP contribution in [0, 0.1) is 0 Å². The fourth-order valence-corrected chi connectivity index (χ4v) is 4.12. The molecule has 0 atom stereocenters. The third-order valence-electron chi connectivity index (χ3n) is 5.81. The molecule has 0 bridgehead atoms.